The van der Waals surface area contributed by atoms with Crippen molar-refractivity contribution in [2.75, 3.05) is 0 Å². The van der Waals surface area contributed by atoms with Gasteiger partial charge in [0.2, 0.25) is 0 Å². The Morgan fingerprint density at radius 1 is 0.778 bits per heavy atom. The first-order valence-corrected chi connectivity index (χ1v) is 5.39. The maximum Gasteiger partial charge on any atom is 0.351 e. The summed E-state index contributed by atoms with van der Waals surface area (Å²) >= 11 is 7.14. The van der Waals surface area contributed by atoms with Crippen molar-refractivity contribution in [2.45, 2.75) is 12.8 Å². The summed E-state index contributed by atoms with van der Waals surface area (Å²) in [5.74, 6) is -3.92. The minimum absolute atomic E-state index is 0.243. The Hall–Kier alpha value is -1.54. The summed E-state index contributed by atoms with van der Waals surface area (Å²) in [5, 5.41) is 0. The monoisotopic (exact) mass is 290 g/mol. The molecule has 0 rings (SSSR count). The molecule has 0 heterocycles. The van der Waals surface area contributed by atoms with E-state index in [-0.39, 0.29) is 9.81 Å². The Labute approximate surface area is 114 Å². The van der Waals surface area contributed by atoms with Crippen LogP contribution in [0.15, 0.2) is 23.0 Å². The van der Waals surface area contributed by atoms with E-state index in [0.717, 1.165) is 0 Å². The van der Waals surface area contributed by atoms with Gasteiger partial charge in [0.25, 0.3) is 0 Å². The standard InChI is InChI=1S/C10H10O6S2/c1-5(17)9(13)15-7(11)3-4-8(12)16-10(14)6(2)18/h17-18H,1-4H2. The van der Waals surface area contributed by atoms with Gasteiger partial charge in [-0.15, -0.1) is 25.3 Å². The molecule has 0 aromatic carbocycles. The first kappa shape index (κ1) is 16.5. The molecule has 0 atom stereocenters. The summed E-state index contributed by atoms with van der Waals surface area (Å²) in [4.78, 5) is 43.3. The van der Waals surface area contributed by atoms with Gasteiger partial charge < -0.3 is 9.47 Å². The van der Waals surface area contributed by atoms with Crippen molar-refractivity contribution in [1.82, 2.24) is 0 Å². The summed E-state index contributed by atoms with van der Waals surface area (Å²) < 4.78 is 8.47. The van der Waals surface area contributed by atoms with Crippen LogP contribution in [0.1, 0.15) is 12.8 Å². The first-order chi connectivity index (χ1) is 8.23. The third-order valence-corrected chi connectivity index (χ3v) is 1.78. The van der Waals surface area contributed by atoms with Gasteiger partial charge in [-0.05, 0) is 0 Å². The van der Waals surface area contributed by atoms with Gasteiger partial charge in [-0.2, -0.15) is 0 Å². The van der Waals surface area contributed by atoms with Crippen LogP contribution in [0.4, 0.5) is 0 Å². The van der Waals surface area contributed by atoms with Crippen LogP contribution in [-0.2, 0) is 28.7 Å². The van der Waals surface area contributed by atoms with Crippen molar-refractivity contribution in [3.05, 3.63) is 23.0 Å². The van der Waals surface area contributed by atoms with E-state index in [4.69, 9.17) is 0 Å². The molecule has 0 spiro atoms. The van der Waals surface area contributed by atoms with Crippen LogP contribution in [0, 0.1) is 0 Å². The number of ether oxygens (including phenoxy) is 2. The second kappa shape index (κ2) is 7.72. The fourth-order valence-corrected chi connectivity index (χ4v) is 0.722. The molecule has 0 unspecified atom stereocenters. The van der Waals surface area contributed by atoms with E-state index in [1.165, 1.54) is 0 Å². The summed E-state index contributed by atoms with van der Waals surface area (Å²) in [6.45, 7) is 6.29. The highest BCUT2D eigenvalue weighted by Crippen LogP contribution is 2.04. The average molecular weight is 290 g/mol. The van der Waals surface area contributed by atoms with Crippen LogP contribution >= 0.6 is 25.3 Å². The van der Waals surface area contributed by atoms with Gasteiger partial charge in [0, 0.05) is 0 Å². The molecule has 8 heteroatoms. The largest absolute Gasteiger partial charge is 0.389 e. The molecule has 98 valence electrons. The van der Waals surface area contributed by atoms with Crippen molar-refractivity contribution in [3.63, 3.8) is 0 Å². The lowest BCUT2D eigenvalue weighted by Gasteiger charge is -2.02. The van der Waals surface area contributed by atoms with Gasteiger partial charge in [0.05, 0.1) is 22.7 Å². The Kier molecular flexibility index (Phi) is 7.06. The van der Waals surface area contributed by atoms with E-state index in [1.54, 1.807) is 0 Å². The second-order valence-electron chi connectivity index (χ2n) is 2.92. The van der Waals surface area contributed by atoms with Crippen LogP contribution in [0.3, 0.4) is 0 Å². The van der Waals surface area contributed by atoms with Gasteiger partial charge in [0.15, 0.2) is 0 Å². The highest BCUT2D eigenvalue weighted by Gasteiger charge is 2.16. The van der Waals surface area contributed by atoms with Crippen LogP contribution in [0.25, 0.3) is 0 Å². The highest BCUT2D eigenvalue weighted by atomic mass is 32.1. The first-order valence-electron chi connectivity index (χ1n) is 4.49. The molecule has 0 fully saturated rings. The molecule has 0 radical (unpaired) electrons. The Morgan fingerprint density at radius 2 is 1.06 bits per heavy atom. The lowest BCUT2D eigenvalue weighted by atomic mass is 10.3. The van der Waals surface area contributed by atoms with Gasteiger partial charge in [-0.3, -0.25) is 9.59 Å². The predicted molar refractivity (Wildman–Crippen MR) is 67.7 cm³/mol. The van der Waals surface area contributed by atoms with E-state index in [2.05, 4.69) is 47.9 Å². The van der Waals surface area contributed by atoms with E-state index >= 15 is 0 Å². The van der Waals surface area contributed by atoms with Gasteiger partial charge in [0.1, 0.15) is 0 Å². The minimum Gasteiger partial charge on any atom is -0.389 e. The van der Waals surface area contributed by atoms with Gasteiger partial charge in [-0.25, -0.2) is 9.59 Å². The fourth-order valence-electron chi connectivity index (χ4n) is 0.631. The molecule has 6 nitrogen and oxygen atoms in total. The molecule has 0 aromatic rings. The quantitative estimate of drug-likeness (QED) is 0.337. The molecule has 0 bridgehead atoms. The molecule has 0 aromatic heterocycles. The number of thiol groups is 2. The second-order valence-corrected chi connectivity index (χ2v) is 4.00. The van der Waals surface area contributed by atoms with Crippen molar-refractivity contribution >= 4 is 49.1 Å². The summed E-state index contributed by atoms with van der Waals surface area (Å²) in [7, 11) is 0. The van der Waals surface area contributed by atoms with Crippen LogP contribution in [0.5, 0.6) is 0 Å². The van der Waals surface area contributed by atoms with Crippen LogP contribution < -0.4 is 0 Å². The van der Waals surface area contributed by atoms with Gasteiger partial charge >= 0.3 is 23.9 Å². The number of esters is 4. The molecular formula is C10H10O6S2. The lowest BCUT2D eigenvalue weighted by molar-refractivity contribution is -0.162. The minimum atomic E-state index is -1.00. The van der Waals surface area contributed by atoms with Crippen LogP contribution in [0.2, 0.25) is 0 Å². The van der Waals surface area contributed by atoms with Crippen LogP contribution in [-0.4, -0.2) is 23.9 Å². The zero-order chi connectivity index (χ0) is 14.3. The summed E-state index contributed by atoms with van der Waals surface area (Å²) in [6.07, 6.45) is -0.837. The number of hydrogen-bond donors (Lipinski definition) is 2. The molecule has 0 amide bonds. The summed E-state index contributed by atoms with van der Waals surface area (Å²) in [6, 6.07) is 0. The van der Waals surface area contributed by atoms with Crippen molar-refractivity contribution in [1.29, 1.82) is 0 Å². The van der Waals surface area contributed by atoms with E-state index in [0.29, 0.717) is 0 Å². The zero-order valence-electron chi connectivity index (χ0n) is 9.17. The molecule has 0 aliphatic rings. The van der Waals surface area contributed by atoms with Crippen molar-refractivity contribution in [2.24, 2.45) is 0 Å². The highest BCUT2D eigenvalue weighted by molar-refractivity contribution is 7.85. The number of hydrogen-bond acceptors (Lipinski definition) is 8. The maximum absolute atomic E-state index is 11.0. The molecule has 0 saturated heterocycles. The molecule has 0 N–H and O–H groups in total. The lowest BCUT2D eigenvalue weighted by Crippen LogP contribution is -2.16. The third-order valence-electron chi connectivity index (χ3n) is 1.42. The molecule has 0 saturated carbocycles. The fraction of sp³-hybridized carbons (Fsp3) is 0.200. The SMILES string of the molecule is C=C(S)C(=O)OC(=O)CCC(=O)OC(=O)C(=C)S. The molecule has 0 aliphatic carbocycles. The van der Waals surface area contributed by atoms with Gasteiger partial charge in [-0.1, -0.05) is 13.2 Å². The normalized spacial score (nSPS) is 9.22. The molecule has 0 aliphatic heterocycles. The zero-order valence-corrected chi connectivity index (χ0v) is 11.0. The average Bonchev–Trinajstić information content (AvgIpc) is 2.25. The molecule has 18 heavy (non-hydrogen) atoms. The Balaban J connectivity index is 4.03. The van der Waals surface area contributed by atoms with E-state index < -0.39 is 36.7 Å². The van der Waals surface area contributed by atoms with Crippen molar-refractivity contribution < 1.29 is 28.7 Å². The Morgan fingerprint density at radius 3 is 1.28 bits per heavy atom. The summed E-state index contributed by atoms with van der Waals surface area (Å²) in [5.41, 5.74) is 0. The Bertz CT molecular complexity index is 386. The smallest absolute Gasteiger partial charge is 0.351 e. The maximum atomic E-state index is 11.0. The number of carbonyl (C=O) groups excluding carboxylic acids is 4. The number of rotatable bonds is 5. The topological polar surface area (TPSA) is 86.7 Å². The predicted octanol–water partition coefficient (Wildman–Crippen LogP) is 0.793. The third kappa shape index (κ3) is 6.92. The molecular weight excluding hydrogens is 280 g/mol. The number of carbonyl (C=O) groups is 4. The van der Waals surface area contributed by atoms with Crippen molar-refractivity contribution in [3.8, 4) is 0 Å². The van der Waals surface area contributed by atoms with E-state index in [1.807, 2.05) is 0 Å². The van der Waals surface area contributed by atoms with E-state index in [9.17, 15) is 19.2 Å².